The molecule has 0 bridgehead atoms. The summed E-state index contributed by atoms with van der Waals surface area (Å²) in [4.78, 5) is 1.00. The Labute approximate surface area is 113 Å². The van der Waals surface area contributed by atoms with E-state index in [2.05, 4.69) is 20.8 Å². The van der Waals surface area contributed by atoms with Crippen LogP contribution in [0.1, 0.15) is 40.0 Å². The molecule has 100 valence electrons. The Bertz CT molecular complexity index is 399. The van der Waals surface area contributed by atoms with Gasteiger partial charge in [0.25, 0.3) is 0 Å². The average Bonchev–Trinajstić information content (AvgIpc) is 2.38. The van der Waals surface area contributed by atoms with Gasteiger partial charge in [-0.1, -0.05) is 45.4 Å². The van der Waals surface area contributed by atoms with E-state index in [-0.39, 0.29) is 0 Å². The molecule has 1 nitrogen and oxygen atoms in total. The molecule has 18 heavy (non-hydrogen) atoms. The van der Waals surface area contributed by atoms with Gasteiger partial charge in [-0.2, -0.15) is 0 Å². The molecule has 1 aromatic rings. The Morgan fingerprint density at radius 1 is 1.17 bits per heavy atom. The summed E-state index contributed by atoms with van der Waals surface area (Å²) in [7, 11) is -0.841. The predicted octanol–water partition coefficient (Wildman–Crippen LogP) is 4.26. The number of rotatable bonds is 3. The van der Waals surface area contributed by atoms with Gasteiger partial charge in [0.05, 0.1) is 10.8 Å². The Kier molecular flexibility index (Phi) is 4.60. The molecular weight excluding hydrogens is 240 g/mol. The fraction of sp³-hybridized carbons (Fsp3) is 0.625. The summed E-state index contributed by atoms with van der Waals surface area (Å²) in [5.41, 5.74) is 0. The highest BCUT2D eigenvalue weighted by atomic mass is 32.2. The first-order chi connectivity index (χ1) is 8.59. The zero-order valence-corrected chi connectivity index (χ0v) is 12.5. The molecule has 0 radical (unpaired) electrons. The zero-order valence-electron chi connectivity index (χ0n) is 11.6. The van der Waals surface area contributed by atoms with Crippen molar-refractivity contribution in [3.63, 3.8) is 0 Å². The predicted molar refractivity (Wildman–Crippen MR) is 78.0 cm³/mol. The quantitative estimate of drug-likeness (QED) is 0.797. The van der Waals surface area contributed by atoms with Crippen LogP contribution in [0, 0.1) is 17.8 Å². The van der Waals surface area contributed by atoms with Gasteiger partial charge in [0.15, 0.2) is 0 Å². The van der Waals surface area contributed by atoms with Gasteiger partial charge in [-0.25, -0.2) is 0 Å². The average molecular weight is 264 g/mol. The summed E-state index contributed by atoms with van der Waals surface area (Å²) in [5.74, 6) is 1.97. The standard InChI is InChI=1S/C16H24OS/c1-12(2)15-10-9-13(3)11-16(15)18(17)14-7-5-4-6-8-14/h4-8,12-13,15-16H,9-11H2,1-3H3/t13-,15+,16+,18+/m0/s1. The van der Waals surface area contributed by atoms with Crippen LogP contribution in [0.25, 0.3) is 0 Å². The van der Waals surface area contributed by atoms with Crippen LogP contribution in [0.15, 0.2) is 35.2 Å². The van der Waals surface area contributed by atoms with E-state index in [1.165, 1.54) is 12.8 Å². The molecule has 0 amide bonds. The van der Waals surface area contributed by atoms with E-state index in [1.54, 1.807) is 0 Å². The van der Waals surface area contributed by atoms with Gasteiger partial charge in [0.1, 0.15) is 0 Å². The number of hydrogen-bond donors (Lipinski definition) is 0. The highest BCUT2D eigenvalue weighted by Gasteiger charge is 2.34. The van der Waals surface area contributed by atoms with Crippen molar-refractivity contribution in [2.24, 2.45) is 17.8 Å². The lowest BCUT2D eigenvalue weighted by Crippen LogP contribution is -2.35. The Morgan fingerprint density at radius 2 is 1.83 bits per heavy atom. The van der Waals surface area contributed by atoms with Crippen molar-refractivity contribution in [1.82, 2.24) is 0 Å². The molecule has 1 aromatic carbocycles. The van der Waals surface area contributed by atoms with Gasteiger partial charge in [-0.05, 0) is 42.7 Å². The molecule has 1 saturated carbocycles. The molecule has 0 aromatic heterocycles. The Hall–Kier alpha value is -0.630. The smallest absolute Gasteiger partial charge is 0.0563 e. The topological polar surface area (TPSA) is 17.1 Å². The van der Waals surface area contributed by atoms with Crippen molar-refractivity contribution < 1.29 is 4.21 Å². The Balaban J connectivity index is 2.20. The van der Waals surface area contributed by atoms with Crippen LogP contribution in [0.2, 0.25) is 0 Å². The Morgan fingerprint density at radius 3 is 2.44 bits per heavy atom. The minimum absolute atomic E-state index is 0.344. The number of hydrogen-bond acceptors (Lipinski definition) is 1. The third-order valence-electron chi connectivity index (χ3n) is 4.21. The van der Waals surface area contributed by atoms with Crippen LogP contribution in [0.4, 0.5) is 0 Å². The van der Waals surface area contributed by atoms with Gasteiger partial charge in [0, 0.05) is 10.1 Å². The molecule has 0 N–H and O–H groups in total. The van der Waals surface area contributed by atoms with E-state index >= 15 is 0 Å². The van der Waals surface area contributed by atoms with Crippen LogP contribution in [0.3, 0.4) is 0 Å². The molecule has 0 heterocycles. The monoisotopic (exact) mass is 264 g/mol. The first-order valence-corrected chi connectivity index (χ1v) is 8.26. The largest absolute Gasteiger partial charge is 0.254 e. The van der Waals surface area contributed by atoms with Crippen molar-refractivity contribution >= 4 is 10.8 Å². The van der Waals surface area contributed by atoms with Crippen molar-refractivity contribution in [3.8, 4) is 0 Å². The molecular formula is C16H24OS. The fourth-order valence-corrected chi connectivity index (χ4v) is 5.14. The molecule has 4 atom stereocenters. The molecule has 2 rings (SSSR count). The minimum atomic E-state index is -0.841. The van der Waals surface area contributed by atoms with Gasteiger partial charge >= 0.3 is 0 Å². The molecule has 0 aliphatic heterocycles. The lowest BCUT2D eigenvalue weighted by atomic mass is 9.77. The minimum Gasteiger partial charge on any atom is -0.254 e. The van der Waals surface area contributed by atoms with Crippen LogP contribution >= 0.6 is 0 Å². The molecule has 2 heteroatoms. The molecule has 0 spiro atoms. The van der Waals surface area contributed by atoms with Crippen molar-refractivity contribution in [2.75, 3.05) is 0 Å². The van der Waals surface area contributed by atoms with Crippen LogP contribution < -0.4 is 0 Å². The highest BCUT2D eigenvalue weighted by Crippen LogP contribution is 2.37. The van der Waals surface area contributed by atoms with Gasteiger partial charge in [0.2, 0.25) is 0 Å². The van der Waals surface area contributed by atoms with Crippen LogP contribution in [-0.2, 0) is 10.8 Å². The van der Waals surface area contributed by atoms with Crippen LogP contribution in [0.5, 0.6) is 0 Å². The second kappa shape index (κ2) is 6.01. The van der Waals surface area contributed by atoms with E-state index in [1.807, 2.05) is 30.3 Å². The van der Waals surface area contributed by atoms with Crippen molar-refractivity contribution in [1.29, 1.82) is 0 Å². The van der Waals surface area contributed by atoms with Crippen LogP contribution in [-0.4, -0.2) is 9.46 Å². The van der Waals surface area contributed by atoms with E-state index in [4.69, 9.17) is 0 Å². The lowest BCUT2D eigenvalue weighted by molar-refractivity contribution is 0.241. The maximum Gasteiger partial charge on any atom is 0.0563 e. The first-order valence-electron chi connectivity index (χ1n) is 7.05. The molecule has 0 unspecified atom stereocenters. The van der Waals surface area contributed by atoms with E-state index in [9.17, 15) is 4.21 Å². The second-order valence-corrected chi connectivity index (χ2v) is 7.65. The maximum absolute atomic E-state index is 12.8. The van der Waals surface area contributed by atoms with Gasteiger partial charge < -0.3 is 0 Å². The second-order valence-electron chi connectivity index (χ2n) is 5.98. The summed E-state index contributed by atoms with van der Waals surface area (Å²) in [6, 6.07) is 9.98. The summed E-state index contributed by atoms with van der Waals surface area (Å²) in [6.07, 6.45) is 3.65. The summed E-state index contributed by atoms with van der Waals surface area (Å²) >= 11 is 0. The summed E-state index contributed by atoms with van der Waals surface area (Å²) < 4.78 is 12.8. The first kappa shape index (κ1) is 13.8. The highest BCUT2D eigenvalue weighted by molar-refractivity contribution is 7.85. The molecule has 1 aliphatic rings. The van der Waals surface area contributed by atoms with E-state index < -0.39 is 10.8 Å². The zero-order chi connectivity index (χ0) is 13.1. The van der Waals surface area contributed by atoms with E-state index in [0.717, 1.165) is 17.2 Å². The van der Waals surface area contributed by atoms with E-state index in [0.29, 0.717) is 17.1 Å². The normalized spacial score (nSPS) is 30.3. The summed E-state index contributed by atoms with van der Waals surface area (Å²) in [5, 5.41) is 0.344. The SMILES string of the molecule is CC(C)[C@H]1CC[C@H](C)C[C@H]1[S@](=O)c1ccccc1. The summed E-state index contributed by atoms with van der Waals surface area (Å²) in [6.45, 7) is 6.84. The van der Waals surface area contributed by atoms with Crippen molar-refractivity contribution in [3.05, 3.63) is 30.3 Å². The van der Waals surface area contributed by atoms with Gasteiger partial charge in [-0.15, -0.1) is 0 Å². The maximum atomic E-state index is 12.8. The third kappa shape index (κ3) is 3.03. The molecule has 1 fully saturated rings. The van der Waals surface area contributed by atoms with Gasteiger partial charge in [-0.3, -0.25) is 4.21 Å². The molecule has 0 saturated heterocycles. The third-order valence-corrected chi connectivity index (χ3v) is 6.04. The lowest BCUT2D eigenvalue weighted by Gasteiger charge is -2.36. The number of benzene rings is 1. The van der Waals surface area contributed by atoms with Crippen molar-refractivity contribution in [2.45, 2.75) is 50.2 Å². The molecule has 1 aliphatic carbocycles. The fourth-order valence-electron chi connectivity index (χ4n) is 3.09.